The molecule has 2 aromatic rings. The molecule has 0 aromatic carbocycles. The van der Waals surface area contributed by atoms with E-state index in [-0.39, 0.29) is 11.6 Å². The predicted octanol–water partition coefficient (Wildman–Crippen LogP) is 3.92. The van der Waals surface area contributed by atoms with Crippen LogP contribution in [0.3, 0.4) is 0 Å². The molecule has 0 bridgehead atoms. The summed E-state index contributed by atoms with van der Waals surface area (Å²) >= 11 is 11.4. The maximum Gasteiger partial charge on any atom is 0.274 e. The summed E-state index contributed by atoms with van der Waals surface area (Å²) in [4.78, 5) is 22.5. The average Bonchev–Trinajstić information content (AvgIpc) is 3.02. The molecule has 0 aliphatic carbocycles. The second-order valence-electron chi connectivity index (χ2n) is 5.69. The van der Waals surface area contributed by atoms with Crippen molar-refractivity contribution in [2.24, 2.45) is 0 Å². The van der Waals surface area contributed by atoms with Gasteiger partial charge in [0.25, 0.3) is 5.91 Å². The number of halogens is 2. The monoisotopic (exact) mass is 443 g/mol. The third-order valence-corrected chi connectivity index (χ3v) is 5.90. The first kappa shape index (κ1) is 18.6. The van der Waals surface area contributed by atoms with Gasteiger partial charge >= 0.3 is 0 Å². The number of nitrogens with zero attached hydrogens (tertiary/aromatic N) is 3. The maximum absolute atomic E-state index is 12.7. The highest BCUT2D eigenvalue weighted by Gasteiger charge is 2.25. The Morgan fingerprint density at radius 1 is 1.28 bits per heavy atom. The van der Waals surface area contributed by atoms with Gasteiger partial charge < -0.3 is 9.64 Å². The van der Waals surface area contributed by atoms with Crippen LogP contribution in [0.2, 0.25) is 5.02 Å². The molecule has 0 spiro atoms. The van der Waals surface area contributed by atoms with Crippen LogP contribution in [0.15, 0.2) is 28.1 Å². The van der Waals surface area contributed by atoms with E-state index in [2.05, 4.69) is 37.9 Å². The number of ether oxygens (including phenoxy) is 1. The number of thiophene rings is 1. The van der Waals surface area contributed by atoms with Crippen LogP contribution in [-0.2, 0) is 6.54 Å². The van der Waals surface area contributed by atoms with Gasteiger partial charge in [0, 0.05) is 43.7 Å². The number of hydrogen-bond donors (Lipinski definition) is 0. The summed E-state index contributed by atoms with van der Waals surface area (Å²) in [5.74, 6) is 0.294. The van der Waals surface area contributed by atoms with Crippen LogP contribution < -0.4 is 4.74 Å². The van der Waals surface area contributed by atoms with E-state index in [1.54, 1.807) is 23.5 Å². The second-order valence-corrected chi connectivity index (χ2v) is 8.64. The first-order valence-corrected chi connectivity index (χ1v) is 10.1. The zero-order valence-electron chi connectivity index (χ0n) is 13.9. The van der Waals surface area contributed by atoms with Gasteiger partial charge in [0.2, 0.25) is 5.88 Å². The van der Waals surface area contributed by atoms with Crippen molar-refractivity contribution in [3.63, 3.8) is 0 Å². The van der Waals surface area contributed by atoms with Crippen LogP contribution in [0.25, 0.3) is 0 Å². The fourth-order valence-electron chi connectivity index (χ4n) is 2.72. The van der Waals surface area contributed by atoms with Gasteiger partial charge in [-0.1, -0.05) is 11.6 Å². The van der Waals surface area contributed by atoms with Crippen molar-refractivity contribution in [2.45, 2.75) is 13.5 Å². The summed E-state index contributed by atoms with van der Waals surface area (Å²) in [6.45, 7) is 6.30. The minimum absolute atomic E-state index is 0.134. The van der Waals surface area contributed by atoms with Gasteiger partial charge in [-0.15, -0.1) is 11.3 Å². The Hall–Kier alpha value is -1.15. The van der Waals surface area contributed by atoms with Crippen molar-refractivity contribution >= 4 is 44.8 Å². The lowest BCUT2D eigenvalue weighted by Gasteiger charge is -2.34. The topological polar surface area (TPSA) is 45.7 Å². The van der Waals surface area contributed by atoms with Crippen molar-refractivity contribution in [1.82, 2.24) is 14.8 Å². The van der Waals surface area contributed by atoms with Gasteiger partial charge in [0.05, 0.1) is 15.4 Å². The molecular formula is C17H19BrClN3O2S. The van der Waals surface area contributed by atoms with Crippen LogP contribution in [0.5, 0.6) is 5.88 Å². The van der Waals surface area contributed by atoms with Crippen LogP contribution in [0.4, 0.5) is 0 Å². The van der Waals surface area contributed by atoms with Crippen molar-refractivity contribution in [2.75, 3.05) is 32.8 Å². The molecule has 0 atom stereocenters. The van der Waals surface area contributed by atoms with Gasteiger partial charge in [0.15, 0.2) is 5.69 Å². The van der Waals surface area contributed by atoms with Gasteiger partial charge in [-0.3, -0.25) is 9.69 Å². The molecule has 3 rings (SSSR count). The van der Waals surface area contributed by atoms with Crippen molar-refractivity contribution in [1.29, 1.82) is 0 Å². The first-order valence-electron chi connectivity index (χ1n) is 8.12. The highest BCUT2D eigenvalue weighted by atomic mass is 79.9. The maximum atomic E-state index is 12.7. The molecule has 1 amide bonds. The zero-order chi connectivity index (χ0) is 17.8. The van der Waals surface area contributed by atoms with E-state index in [9.17, 15) is 4.79 Å². The Kier molecular flexibility index (Phi) is 6.33. The van der Waals surface area contributed by atoms with Crippen LogP contribution in [-0.4, -0.2) is 53.5 Å². The Balaban J connectivity index is 1.60. The Labute approximate surface area is 164 Å². The molecule has 1 fully saturated rings. The van der Waals surface area contributed by atoms with E-state index < -0.39 is 0 Å². The molecule has 1 aliphatic heterocycles. The second kappa shape index (κ2) is 8.49. The zero-order valence-corrected chi connectivity index (χ0v) is 17.0. The summed E-state index contributed by atoms with van der Waals surface area (Å²) in [6, 6.07) is 7.55. The number of amides is 1. The number of carbonyl (C=O) groups excluding carboxylic acids is 1. The third-order valence-electron chi connectivity index (χ3n) is 3.98. The highest BCUT2D eigenvalue weighted by molar-refractivity contribution is 9.11. The third kappa shape index (κ3) is 4.73. The van der Waals surface area contributed by atoms with Gasteiger partial charge in [0.1, 0.15) is 0 Å². The molecule has 2 aromatic heterocycles. The van der Waals surface area contributed by atoms with E-state index in [1.807, 2.05) is 11.8 Å². The number of pyridine rings is 1. The Morgan fingerprint density at radius 2 is 2.04 bits per heavy atom. The quantitative estimate of drug-likeness (QED) is 0.701. The molecule has 0 saturated carbocycles. The van der Waals surface area contributed by atoms with Gasteiger partial charge in [-0.2, -0.15) is 0 Å². The lowest BCUT2D eigenvalue weighted by molar-refractivity contribution is 0.0623. The molecule has 8 heteroatoms. The number of rotatable bonds is 5. The summed E-state index contributed by atoms with van der Waals surface area (Å²) in [5.41, 5.74) is 0.267. The average molecular weight is 445 g/mol. The predicted molar refractivity (Wildman–Crippen MR) is 104 cm³/mol. The minimum atomic E-state index is -0.134. The van der Waals surface area contributed by atoms with Crippen molar-refractivity contribution in [3.8, 4) is 5.88 Å². The van der Waals surface area contributed by atoms with E-state index in [1.165, 1.54) is 4.88 Å². The lowest BCUT2D eigenvalue weighted by Crippen LogP contribution is -2.48. The molecule has 0 unspecified atom stereocenters. The van der Waals surface area contributed by atoms with E-state index in [0.29, 0.717) is 30.6 Å². The van der Waals surface area contributed by atoms with Crippen LogP contribution in [0.1, 0.15) is 22.3 Å². The molecule has 1 aliphatic rings. The van der Waals surface area contributed by atoms with Crippen LogP contribution >= 0.6 is 38.9 Å². The number of aromatic nitrogens is 1. The van der Waals surface area contributed by atoms with Crippen molar-refractivity contribution < 1.29 is 9.53 Å². The molecule has 3 heterocycles. The molecule has 1 saturated heterocycles. The molecule has 0 radical (unpaired) electrons. The van der Waals surface area contributed by atoms with Gasteiger partial charge in [-0.05, 0) is 41.1 Å². The largest absolute Gasteiger partial charge is 0.478 e. The Morgan fingerprint density at radius 3 is 2.68 bits per heavy atom. The molecule has 5 nitrogen and oxygen atoms in total. The normalized spacial score (nSPS) is 15.4. The first-order chi connectivity index (χ1) is 12.1. The van der Waals surface area contributed by atoms with Crippen LogP contribution in [0, 0.1) is 0 Å². The van der Waals surface area contributed by atoms with E-state index in [0.717, 1.165) is 23.4 Å². The molecule has 25 heavy (non-hydrogen) atoms. The fraction of sp³-hybridized carbons (Fsp3) is 0.412. The number of piperazine rings is 1. The number of carbonyl (C=O) groups is 1. The van der Waals surface area contributed by atoms with E-state index in [4.69, 9.17) is 16.3 Å². The SMILES string of the molecule is CCOc1ccc(Cl)c(C(=O)N2CCN(Cc3ccc(Br)s3)CC2)n1. The standard InChI is InChI=1S/C17H19BrClN3O2S/c1-2-24-15-6-4-13(19)16(20-15)17(23)22-9-7-21(8-10-22)11-12-3-5-14(18)25-12/h3-6H,2,7-11H2,1H3. The van der Waals surface area contributed by atoms with Crippen molar-refractivity contribution in [3.05, 3.63) is 43.6 Å². The summed E-state index contributed by atoms with van der Waals surface area (Å²) in [7, 11) is 0. The lowest BCUT2D eigenvalue weighted by atomic mass is 10.2. The molecule has 0 N–H and O–H groups in total. The summed E-state index contributed by atoms with van der Waals surface area (Å²) in [6.07, 6.45) is 0. The molecule has 134 valence electrons. The smallest absolute Gasteiger partial charge is 0.274 e. The highest BCUT2D eigenvalue weighted by Crippen LogP contribution is 2.24. The van der Waals surface area contributed by atoms with E-state index >= 15 is 0 Å². The summed E-state index contributed by atoms with van der Waals surface area (Å²) in [5, 5.41) is 0.360. The summed E-state index contributed by atoms with van der Waals surface area (Å²) < 4.78 is 6.52. The fourth-order valence-corrected chi connectivity index (χ4v) is 4.43. The Bertz CT molecular complexity index is 747. The van der Waals surface area contributed by atoms with Gasteiger partial charge in [-0.25, -0.2) is 4.98 Å². The number of hydrogen-bond acceptors (Lipinski definition) is 5. The molecular weight excluding hydrogens is 426 g/mol. The minimum Gasteiger partial charge on any atom is -0.478 e.